The van der Waals surface area contributed by atoms with E-state index >= 15 is 0 Å². The first-order chi connectivity index (χ1) is 13.7. The summed E-state index contributed by atoms with van der Waals surface area (Å²) in [6.07, 6.45) is 5.19. The van der Waals surface area contributed by atoms with Crippen molar-refractivity contribution in [2.45, 2.75) is 23.5 Å². The van der Waals surface area contributed by atoms with Gasteiger partial charge in [-0.15, -0.1) is 11.8 Å². The van der Waals surface area contributed by atoms with E-state index in [0.29, 0.717) is 0 Å². The van der Waals surface area contributed by atoms with Crippen molar-refractivity contribution in [3.63, 3.8) is 0 Å². The fourth-order valence-electron chi connectivity index (χ4n) is 3.24. The first-order valence-corrected chi connectivity index (χ1v) is 11.1. The fraction of sp³-hybridized carbons (Fsp3) is 0.348. The summed E-state index contributed by atoms with van der Waals surface area (Å²) in [4.78, 5) is 18.5. The lowest BCUT2D eigenvalue weighted by Crippen LogP contribution is -2.50. The van der Waals surface area contributed by atoms with Crippen molar-refractivity contribution in [1.29, 1.82) is 0 Å². The lowest BCUT2D eigenvalue weighted by Gasteiger charge is -2.35. The van der Waals surface area contributed by atoms with Crippen LogP contribution < -0.4 is 0 Å². The minimum Gasteiger partial charge on any atom is -0.339 e. The van der Waals surface area contributed by atoms with E-state index in [2.05, 4.69) is 48.2 Å². The van der Waals surface area contributed by atoms with E-state index < -0.39 is 0 Å². The van der Waals surface area contributed by atoms with E-state index in [0.717, 1.165) is 49.1 Å². The molecule has 0 bridgehead atoms. The minimum atomic E-state index is -0.0364. The van der Waals surface area contributed by atoms with Crippen molar-refractivity contribution in [3.8, 4) is 0 Å². The van der Waals surface area contributed by atoms with Gasteiger partial charge in [-0.1, -0.05) is 61.0 Å². The van der Waals surface area contributed by atoms with Crippen LogP contribution in [0.15, 0.2) is 65.6 Å². The highest BCUT2D eigenvalue weighted by Gasteiger charge is 2.26. The molecule has 1 atom stereocenters. The molecule has 28 heavy (non-hydrogen) atoms. The van der Waals surface area contributed by atoms with Crippen molar-refractivity contribution in [2.75, 3.05) is 32.7 Å². The molecule has 1 aliphatic rings. The zero-order valence-electron chi connectivity index (χ0n) is 16.3. The summed E-state index contributed by atoms with van der Waals surface area (Å²) in [5, 5.41) is 0.687. The van der Waals surface area contributed by atoms with Crippen LogP contribution >= 0.6 is 23.4 Å². The Labute approximate surface area is 177 Å². The molecular formula is C23H27ClN2OS. The summed E-state index contributed by atoms with van der Waals surface area (Å²) < 4.78 is 0. The highest BCUT2D eigenvalue weighted by Crippen LogP contribution is 2.28. The van der Waals surface area contributed by atoms with Gasteiger partial charge in [0.15, 0.2) is 0 Å². The summed E-state index contributed by atoms with van der Waals surface area (Å²) in [6.45, 7) is 6.45. The monoisotopic (exact) mass is 414 g/mol. The SMILES string of the molecule is CCC(Sc1ccc(Cl)cc1)C(=O)N1CCN(C/C=C/c2ccccc2)CC1. The van der Waals surface area contributed by atoms with E-state index in [1.807, 2.05) is 35.2 Å². The van der Waals surface area contributed by atoms with E-state index in [-0.39, 0.29) is 11.2 Å². The van der Waals surface area contributed by atoms with Crippen LogP contribution in [-0.4, -0.2) is 53.7 Å². The molecule has 148 valence electrons. The van der Waals surface area contributed by atoms with Crippen molar-refractivity contribution in [2.24, 2.45) is 0 Å². The van der Waals surface area contributed by atoms with Gasteiger partial charge in [0.2, 0.25) is 5.91 Å². The Balaban J connectivity index is 1.47. The maximum Gasteiger partial charge on any atom is 0.236 e. The third-order valence-electron chi connectivity index (χ3n) is 4.90. The van der Waals surface area contributed by atoms with Gasteiger partial charge in [0.25, 0.3) is 0 Å². The van der Waals surface area contributed by atoms with Crippen LogP contribution in [0.2, 0.25) is 5.02 Å². The van der Waals surface area contributed by atoms with Crippen LogP contribution in [0.5, 0.6) is 0 Å². The zero-order chi connectivity index (χ0) is 19.8. The molecule has 0 aromatic heterocycles. The number of rotatable bonds is 7. The van der Waals surface area contributed by atoms with Crippen molar-refractivity contribution >= 4 is 35.3 Å². The van der Waals surface area contributed by atoms with E-state index in [4.69, 9.17) is 11.6 Å². The lowest BCUT2D eigenvalue weighted by molar-refractivity contribution is -0.132. The summed E-state index contributed by atoms with van der Waals surface area (Å²) in [6, 6.07) is 18.1. The number of carbonyl (C=O) groups is 1. The largest absolute Gasteiger partial charge is 0.339 e. The summed E-state index contributed by atoms with van der Waals surface area (Å²) in [5.41, 5.74) is 1.22. The van der Waals surface area contributed by atoms with Crippen LogP contribution in [0.25, 0.3) is 6.08 Å². The molecule has 1 unspecified atom stereocenters. The topological polar surface area (TPSA) is 23.6 Å². The van der Waals surface area contributed by atoms with Crippen LogP contribution in [-0.2, 0) is 4.79 Å². The summed E-state index contributed by atoms with van der Waals surface area (Å²) >= 11 is 7.59. The number of hydrogen-bond acceptors (Lipinski definition) is 3. The van der Waals surface area contributed by atoms with Crippen LogP contribution in [0.1, 0.15) is 18.9 Å². The third kappa shape index (κ3) is 6.13. The number of nitrogens with zero attached hydrogens (tertiary/aromatic N) is 2. The highest BCUT2D eigenvalue weighted by atomic mass is 35.5. The predicted molar refractivity (Wildman–Crippen MR) is 120 cm³/mol. The Morgan fingerprint density at radius 3 is 2.39 bits per heavy atom. The number of amides is 1. The molecule has 1 saturated heterocycles. The van der Waals surface area contributed by atoms with Crippen LogP contribution in [0.4, 0.5) is 0 Å². The van der Waals surface area contributed by atoms with Gasteiger partial charge < -0.3 is 4.90 Å². The second-order valence-corrected chi connectivity index (χ2v) is 8.62. The Hall–Kier alpha value is -1.75. The smallest absolute Gasteiger partial charge is 0.236 e. The molecule has 1 aliphatic heterocycles. The van der Waals surface area contributed by atoms with Crippen molar-refractivity contribution in [1.82, 2.24) is 9.80 Å². The number of piperazine rings is 1. The van der Waals surface area contributed by atoms with Gasteiger partial charge in [-0.2, -0.15) is 0 Å². The van der Waals surface area contributed by atoms with Gasteiger partial charge in [-0.05, 0) is 36.2 Å². The van der Waals surface area contributed by atoms with Crippen molar-refractivity contribution < 1.29 is 4.79 Å². The van der Waals surface area contributed by atoms with Gasteiger partial charge >= 0.3 is 0 Å². The van der Waals surface area contributed by atoms with E-state index in [1.54, 1.807) is 11.8 Å². The van der Waals surface area contributed by atoms with Crippen LogP contribution in [0, 0.1) is 0 Å². The molecule has 3 rings (SSSR count). The molecule has 0 spiro atoms. The molecule has 1 fully saturated rings. The molecule has 0 saturated carbocycles. The summed E-state index contributed by atoms with van der Waals surface area (Å²) in [5.74, 6) is 0.252. The first kappa shape index (κ1) is 21.0. The van der Waals surface area contributed by atoms with Gasteiger partial charge in [-0.3, -0.25) is 9.69 Å². The highest BCUT2D eigenvalue weighted by molar-refractivity contribution is 8.00. The Morgan fingerprint density at radius 2 is 1.75 bits per heavy atom. The second kappa shape index (κ2) is 10.7. The average molecular weight is 415 g/mol. The van der Waals surface area contributed by atoms with Gasteiger partial charge in [0.05, 0.1) is 5.25 Å². The molecule has 2 aromatic carbocycles. The van der Waals surface area contributed by atoms with E-state index in [9.17, 15) is 4.79 Å². The maximum absolute atomic E-state index is 13.0. The third-order valence-corrected chi connectivity index (χ3v) is 6.51. The lowest BCUT2D eigenvalue weighted by atomic mass is 10.2. The number of halogens is 1. The molecule has 1 amide bonds. The molecule has 0 radical (unpaired) electrons. The number of thioether (sulfide) groups is 1. The summed E-state index contributed by atoms with van der Waals surface area (Å²) in [7, 11) is 0. The second-order valence-electron chi connectivity index (χ2n) is 6.91. The van der Waals surface area contributed by atoms with Crippen molar-refractivity contribution in [3.05, 3.63) is 71.3 Å². The normalized spacial score (nSPS) is 16.4. The predicted octanol–water partition coefficient (Wildman–Crippen LogP) is 5.07. The molecular weight excluding hydrogens is 388 g/mol. The van der Waals surface area contributed by atoms with E-state index in [1.165, 1.54) is 5.56 Å². The maximum atomic E-state index is 13.0. The zero-order valence-corrected chi connectivity index (χ0v) is 17.8. The molecule has 3 nitrogen and oxygen atoms in total. The van der Waals surface area contributed by atoms with Gasteiger partial charge in [0, 0.05) is 42.6 Å². The molecule has 0 N–H and O–H groups in total. The van der Waals surface area contributed by atoms with Gasteiger partial charge in [0.1, 0.15) is 0 Å². The molecule has 5 heteroatoms. The number of carbonyl (C=O) groups excluding carboxylic acids is 1. The Kier molecular flexibility index (Phi) is 8.01. The number of hydrogen-bond donors (Lipinski definition) is 0. The standard InChI is InChI=1S/C23H27ClN2OS/c1-2-22(28-21-12-10-20(24)11-13-21)23(27)26-17-15-25(16-18-26)14-6-9-19-7-4-3-5-8-19/h3-13,22H,2,14-18H2,1H3/b9-6+. The van der Waals surface area contributed by atoms with Gasteiger partial charge in [-0.25, -0.2) is 0 Å². The molecule has 2 aromatic rings. The first-order valence-electron chi connectivity index (χ1n) is 9.80. The number of benzene rings is 2. The molecule has 0 aliphatic carbocycles. The molecule has 1 heterocycles. The van der Waals surface area contributed by atoms with Crippen LogP contribution in [0.3, 0.4) is 0 Å². The Morgan fingerprint density at radius 1 is 1.07 bits per heavy atom. The minimum absolute atomic E-state index is 0.0364. The fourth-order valence-corrected chi connectivity index (χ4v) is 4.41. The quantitative estimate of drug-likeness (QED) is 0.591. The average Bonchev–Trinajstić information content (AvgIpc) is 2.74. The Bertz CT molecular complexity index is 771.